The van der Waals surface area contributed by atoms with E-state index in [0.29, 0.717) is 11.7 Å². The molecule has 0 atom stereocenters. The van der Waals surface area contributed by atoms with E-state index >= 15 is 0 Å². The molecule has 1 saturated carbocycles. The molecule has 3 heteroatoms. The van der Waals surface area contributed by atoms with Crippen molar-refractivity contribution in [2.24, 2.45) is 5.92 Å². The third-order valence-corrected chi connectivity index (χ3v) is 5.23. The summed E-state index contributed by atoms with van der Waals surface area (Å²) in [5.41, 5.74) is 0. The predicted octanol–water partition coefficient (Wildman–Crippen LogP) is 4.58. The highest BCUT2D eigenvalue weighted by atomic mass is 79.9. The monoisotopic (exact) mass is 286 g/mol. The first-order valence-corrected chi connectivity index (χ1v) is 7.09. The molecular formula is C12H15BrOS. The minimum atomic E-state index is 0.295. The summed E-state index contributed by atoms with van der Waals surface area (Å²) < 4.78 is 1.08. The molecule has 1 aromatic rings. The van der Waals surface area contributed by atoms with Crippen molar-refractivity contribution in [3.8, 4) is 0 Å². The number of ketones is 1. The molecule has 0 bridgehead atoms. The second-order valence-electron chi connectivity index (χ2n) is 4.21. The van der Waals surface area contributed by atoms with Crippen LogP contribution in [0.15, 0.2) is 10.5 Å². The van der Waals surface area contributed by atoms with E-state index < -0.39 is 0 Å². The molecule has 0 aliphatic heterocycles. The summed E-state index contributed by atoms with van der Waals surface area (Å²) in [5, 5.41) is 0. The van der Waals surface area contributed by atoms with Gasteiger partial charge in [0.15, 0.2) is 5.78 Å². The van der Waals surface area contributed by atoms with Crippen molar-refractivity contribution < 1.29 is 4.79 Å². The Morgan fingerprint density at radius 3 is 2.60 bits per heavy atom. The highest BCUT2D eigenvalue weighted by molar-refractivity contribution is 9.10. The number of carbonyl (C=O) groups excluding carboxylic acids is 1. The van der Waals surface area contributed by atoms with Crippen molar-refractivity contribution in [3.05, 3.63) is 20.3 Å². The molecule has 1 heterocycles. The first kappa shape index (κ1) is 11.3. The molecule has 1 aliphatic rings. The Kier molecular flexibility index (Phi) is 3.62. The Hall–Kier alpha value is -0.150. The molecule has 0 unspecified atom stereocenters. The molecule has 1 aromatic heterocycles. The summed E-state index contributed by atoms with van der Waals surface area (Å²) in [6.45, 7) is 2.05. The quantitative estimate of drug-likeness (QED) is 0.727. The zero-order chi connectivity index (χ0) is 10.8. The average molecular weight is 287 g/mol. The van der Waals surface area contributed by atoms with Crippen LogP contribution < -0.4 is 0 Å². The van der Waals surface area contributed by atoms with Crippen molar-refractivity contribution in [1.29, 1.82) is 0 Å². The van der Waals surface area contributed by atoms with E-state index in [1.54, 1.807) is 11.3 Å². The van der Waals surface area contributed by atoms with Crippen LogP contribution in [0.5, 0.6) is 0 Å². The van der Waals surface area contributed by atoms with Crippen molar-refractivity contribution >= 4 is 33.0 Å². The molecule has 1 nitrogen and oxygen atoms in total. The molecular weight excluding hydrogens is 272 g/mol. The van der Waals surface area contributed by atoms with E-state index in [2.05, 4.69) is 15.9 Å². The van der Waals surface area contributed by atoms with E-state index in [1.807, 2.05) is 13.0 Å². The fourth-order valence-corrected chi connectivity index (χ4v) is 3.70. The van der Waals surface area contributed by atoms with E-state index in [-0.39, 0.29) is 0 Å². The van der Waals surface area contributed by atoms with Gasteiger partial charge in [0.1, 0.15) is 0 Å². The van der Waals surface area contributed by atoms with Crippen molar-refractivity contribution in [2.45, 2.75) is 39.0 Å². The fourth-order valence-electron chi connectivity index (χ4n) is 2.15. The van der Waals surface area contributed by atoms with E-state index in [9.17, 15) is 4.79 Å². The Morgan fingerprint density at radius 1 is 1.40 bits per heavy atom. The van der Waals surface area contributed by atoms with Crippen LogP contribution in [0.25, 0.3) is 0 Å². The van der Waals surface area contributed by atoms with Crippen molar-refractivity contribution in [1.82, 2.24) is 0 Å². The third-order valence-electron chi connectivity index (χ3n) is 3.08. The molecule has 15 heavy (non-hydrogen) atoms. The Bertz CT molecular complexity index is 344. The predicted molar refractivity (Wildman–Crippen MR) is 67.7 cm³/mol. The SMILES string of the molecule is Cc1sc(C(=O)C2CCCCC2)cc1Br. The zero-order valence-corrected chi connectivity index (χ0v) is 11.3. The largest absolute Gasteiger partial charge is 0.293 e. The van der Waals surface area contributed by atoms with E-state index in [4.69, 9.17) is 0 Å². The van der Waals surface area contributed by atoms with Crippen LogP contribution in [-0.2, 0) is 0 Å². The normalized spacial score (nSPS) is 18.0. The van der Waals surface area contributed by atoms with Gasteiger partial charge in [0.2, 0.25) is 0 Å². The molecule has 82 valence electrons. The topological polar surface area (TPSA) is 17.1 Å². The smallest absolute Gasteiger partial charge is 0.175 e. The van der Waals surface area contributed by atoms with Crippen molar-refractivity contribution in [2.75, 3.05) is 0 Å². The number of Topliss-reactive ketones (excluding diaryl/α,β-unsaturated/α-hetero) is 1. The second kappa shape index (κ2) is 4.79. The first-order valence-electron chi connectivity index (χ1n) is 5.48. The molecule has 1 fully saturated rings. The molecule has 2 rings (SSSR count). The van der Waals surface area contributed by atoms with Gasteiger partial charge < -0.3 is 0 Å². The molecule has 1 aliphatic carbocycles. The maximum Gasteiger partial charge on any atom is 0.175 e. The Balaban J connectivity index is 2.12. The number of hydrogen-bond donors (Lipinski definition) is 0. The highest BCUT2D eigenvalue weighted by Gasteiger charge is 2.23. The minimum Gasteiger partial charge on any atom is -0.293 e. The number of hydrogen-bond acceptors (Lipinski definition) is 2. The van der Waals surface area contributed by atoms with Gasteiger partial charge in [-0.3, -0.25) is 4.79 Å². The van der Waals surface area contributed by atoms with Crippen LogP contribution in [0.2, 0.25) is 0 Å². The number of rotatable bonds is 2. The second-order valence-corrected chi connectivity index (χ2v) is 6.32. The average Bonchev–Trinajstić information content (AvgIpc) is 2.59. The summed E-state index contributed by atoms with van der Waals surface area (Å²) >= 11 is 5.09. The maximum atomic E-state index is 12.2. The molecule has 0 radical (unpaired) electrons. The lowest BCUT2D eigenvalue weighted by molar-refractivity contribution is 0.0894. The zero-order valence-electron chi connectivity index (χ0n) is 8.88. The molecule has 0 N–H and O–H groups in total. The van der Waals surface area contributed by atoms with Gasteiger partial charge in [-0.2, -0.15) is 0 Å². The van der Waals surface area contributed by atoms with Crippen LogP contribution >= 0.6 is 27.3 Å². The summed E-state index contributed by atoms with van der Waals surface area (Å²) in [5.74, 6) is 0.664. The van der Waals surface area contributed by atoms with E-state index in [0.717, 1.165) is 22.2 Å². The highest BCUT2D eigenvalue weighted by Crippen LogP contribution is 2.32. The Labute approximate surface area is 103 Å². The van der Waals surface area contributed by atoms with Crippen LogP contribution in [0, 0.1) is 12.8 Å². The first-order chi connectivity index (χ1) is 7.18. The molecule has 0 spiro atoms. The maximum absolute atomic E-state index is 12.2. The summed E-state index contributed by atoms with van der Waals surface area (Å²) in [6.07, 6.45) is 5.93. The number of thiophene rings is 1. The molecule has 0 amide bonds. The summed E-state index contributed by atoms with van der Waals surface area (Å²) in [4.78, 5) is 14.3. The van der Waals surface area contributed by atoms with Gasteiger partial charge in [0.05, 0.1) is 4.88 Å². The Morgan fingerprint density at radius 2 is 2.07 bits per heavy atom. The lowest BCUT2D eigenvalue weighted by Gasteiger charge is -2.19. The van der Waals surface area contributed by atoms with Gasteiger partial charge in [-0.1, -0.05) is 19.3 Å². The number of carbonyl (C=O) groups is 1. The standard InChI is InChI=1S/C12H15BrOS/c1-8-10(13)7-11(15-8)12(14)9-5-3-2-4-6-9/h7,9H,2-6H2,1H3. The van der Waals surface area contributed by atoms with E-state index in [1.165, 1.54) is 24.1 Å². The van der Waals surface area contributed by atoms with Crippen LogP contribution in [0.1, 0.15) is 46.7 Å². The van der Waals surface area contributed by atoms with Gasteiger partial charge in [0.25, 0.3) is 0 Å². The van der Waals surface area contributed by atoms with Gasteiger partial charge in [0, 0.05) is 15.3 Å². The lowest BCUT2D eigenvalue weighted by Crippen LogP contribution is -2.16. The van der Waals surface area contributed by atoms with Crippen LogP contribution in [0.4, 0.5) is 0 Å². The van der Waals surface area contributed by atoms with Crippen molar-refractivity contribution in [3.63, 3.8) is 0 Å². The number of halogens is 1. The minimum absolute atomic E-state index is 0.295. The summed E-state index contributed by atoms with van der Waals surface area (Å²) in [6, 6.07) is 1.98. The van der Waals surface area contributed by atoms with Crippen LogP contribution in [-0.4, -0.2) is 5.78 Å². The summed E-state index contributed by atoms with van der Waals surface area (Å²) in [7, 11) is 0. The van der Waals surface area contributed by atoms with Gasteiger partial charge in [-0.15, -0.1) is 11.3 Å². The number of aryl methyl sites for hydroxylation is 1. The van der Waals surface area contributed by atoms with Gasteiger partial charge in [-0.05, 0) is 41.8 Å². The third kappa shape index (κ3) is 2.51. The lowest BCUT2D eigenvalue weighted by atomic mass is 9.86. The molecule has 0 aromatic carbocycles. The van der Waals surface area contributed by atoms with Gasteiger partial charge in [-0.25, -0.2) is 0 Å². The van der Waals surface area contributed by atoms with Gasteiger partial charge >= 0.3 is 0 Å². The molecule has 0 saturated heterocycles. The fraction of sp³-hybridized carbons (Fsp3) is 0.583. The van der Waals surface area contributed by atoms with Crippen LogP contribution in [0.3, 0.4) is 0 Å².